The first kappa shape index (κ1) is 15.1. The molecule has 2 atom stereocenters. The standard InChI is InChI=1S/C12H22N2O3S/c1-4-9(3)6-13(5-2)12(17)14-8-18-7-10(14)11(15)16/h9-10H,4-8H2,1-3H3,(H,15,16)/t9?,10-/m1/s1. The Balaban J connectivity index is 2.68. The second kappa shape index (κ2) is 6.87. The summed E-state index contributed by atoms with van der Waals surface area (Å²) in [5, 5.41) is 9.09. The van der Waals surface area contributed by atoms with Gasteiger partial charge in [0.05, 0.1) is 5.88 Å². The van der Waals surface area contributed by atoms with E-state index in [0.717, 1.165) is 6.42 Å². The van der Waals surface area contributed by atoms with Crippen LogP contribution in [-0.2, 0) is 4.79 Å². The van der Waals surface area contributed by atoms with Crippen molar-refractivity contribution in [2.75, 3.05) is 24.7 Å². The van der Waals surface area contributed by atoms with Crippen molar-refractivity contribution in [3.8, 4) is 0 Å². The zero-order valence-electron chi connectivity index (χ0n) is 11.3. The summed E-state index contributed by atoms with van der Waals surface area (Å²) in [7, 11) is 0. The minimum Gasteiger partial charge on any atom is -0.480 e. The van der Waals surface area contributed by atoms with Crippen molar-refractivity contribution in [1.82, 2.24) is 9.80 Å². The Labute approximate surface area is 113 Å². The number of carboxylic acids is 1. The van der Waals surface area contributed by atoms with Crippen LogP contribution in [-0.4, -0.2) is 57.7 Å². The number of urea groups is 1. The number of carboxylic acid groups (broad SMARTS) is 1. The van der Waals surface area contributed by atoms with Gasteiger partial charge in [-0.1, -0.05) is 20.3 Å². The maximum absolute atomic E-state index is 12.3. The zero-order valence-corrected chi connectivity index (χ0v) is 12.1. The van der Waals surface area contributed by atoms with Crippen LogP contribution in [0.25, 0.3) is 0 Å². The summed E-state index contributed by atoms with van der Waals surface area (Å²) in [6, 6.07) is -0.816. The van der Waals surface area contributed by atoms with E-state index >= 15 is 0 Å². The molecule has 1 saturated heterocycles. The number of thioether (sulfide) groups is 1. The summed E-state index contributed by atoms with van der Waals surface area (Å²) in [4.78, 5) is 26.6. The van der Waals surface area contributed by atoms with E-state index in [1.165, 1.54) is 16.7 Å². The number of rotatable bonds is 5. The van der Waals surface area contributed by atoms with E-state index in [9.17, 15) is 9.59 Å². The van der Waals surface area contributed by atoms with E-state index < -0.39 is 12.0 Å². The number of amides is 2. The van der Waals surface area contributed by atoms with Crippen LogP contribution in [0.5, 0.6) is 0 Å². The minimum absolute atomic E-state index is 0.143. The fourth-order valence-corrected chi connectivity index (χ4v) is 3.00. The molecular weight excluding hydrogens is 252 g/mol. The number of hydrogen-bond acceptors (Lipinski definition) is 3. The molecule has 0 radical (unpaired) electrons. The number of carbonyl (C=O) groups is 2. The smallest absolute Gasteiger partial charge is 0.327 e. The Morgan fingerprint density at radius 2 is 2.17 bits per heavy atom. The predicted octanol–water partition coefficient (Wildman–Crippen LogP) is 1.93. The number of aliphatic carboxylic acids is 1. The van der Waals surface area contributed by atoms with Gasteiger partial charge in [0.1, 0.15) is 6.04 Å². The molecular formula is C12H22N2O3S. The first-order chi connectivity index (χ1) is 8.51. The van der Waals surface area contributed by atoms with Gasteiger partial charge in [0, 0.05) is 18.8 Å². The maximum atomic E-state index is 12.3. The van der Waals surface area contributed by atoms with Crippen molar-refractivity contribution in [2.24, 2.45) is 5.92 Å². The molecule has 1 heterocycles. The summed E-state index contributed by atoms with van der Waals surface area (Å²) in [6.45, 7) is 7.44. The maximum Gasteiger partial charge on any atom is 0.327 e. The first-order valence-corrected chi connectivity index (χ1v) is 7.52. The normalized spacial score (nSPS) is 20.8. The highest BCUT2D eigenvalue weighted by molar-refractivity contribution is 7.99. The average molecular weight is 274 g/mol. The summed E-state index contributed by atoms with van der Waals surface area (Å²) >= 11 is 1.50. The topological polar surface area (TPSA) is 60.9 Å². The van der Waals surface area contributed by atoms with Crippen LogP contribution in [0.1, 0.15) is 27.2 Å². The van der Waals surface area contributed by atoms with Crippen LogP contribution < -0.4 is 0 Å². The zero-order chi connectivity index (χ0) is 13.7. The van der Waals surface area contributed by atoms with Gasteiger partial charge in [-0.3, -0.25) is 0 Å². The Kier molecular flexibility index (Phi) is 5.78. The molecule has 1 rings (SSSR count). The molecule has 1 N–H and O–H groups in total. The molecule has 0 aromatic carbocycles. The van der Waals surface area contributed by atoms with Crippen molar-refractivity contribution in [3.05, 3.63) is 0 Å². The second-order valence-electron chi connectivity index (χ2n) is 4.66. The highest BCUT2D eigenvalue weighted by atomic mass is 32.2. The van der Waals surface area contributed by atoms with Crippen molar-refractivity contribution in [1.29, 1.82) is 0 Å². The van der Waals surface area contributed by atoms with E-state index in [1.807, 2.05) is 6.92 Å². The predicted molar refractivity (Wildman–Crippen MR) is 72.7 cm³/mol. The molecule has 5 nitrogen and oxygen atoms in total. The van der Waals surface area contributed by atoms with Gasteiger partial charge < -0.3 is 14.9 Å². The van der Waals surface area contributed by atoms with Crippen molar-refractivity contribution >= 4 is 23.8 Å². The van der Waals surface area contributed by atoms with Crippen LogP contribution in [0.4, 0.5) is 4.79 Å². The van der Waals surface area contributed by atoms with Crippen molar-refractivity contribution < 1.29 is 14.7 Å². The molecule has 104 valence electrons. The van der Waals surface area contributed by atoms with Crippen LogP contribution in [0.2, 0.25) is 0 Å². The van der Waals surface area contributed by atoms with Crippen LogP contribution >= 0.6 is 11.8 Å². The van der Waals surface area contributed by atoms with Gasteiger partial charge in [-0.15, -0.1) is 11.8 Å². The molecule has 1 aliphatic rings. The quantitative estimate of drug-likeness (QED) is 0.832. The highest BCUT2D eigenvalue weighted by Crippen LogP contribution is 2.23. The molecule has 1 unspecified atom stereocenters. The largest absolute Gasteiger partial charge is 0.480 e. The Morgan fingerprint density at radius 1 is 1.50 bits per heavy atom. The number of nitrogens with zero attached hydrogens (tertiary/aromatic N) is 2. The fraction of sp³-hybridized carbons (Fsp3) is 0.833. The van der Waals surface area contributed by atoms with E-state index in [-0.39, 0.29) is 6.03 Å². The van der Waals surface area contributed by atoms with E-state index in [0.29, 0.717) is 30.6 Å². The van der Waals surface area contributed by atoms with Gasteiger partial charge in [0.25, 0.3) is 0 Å². The fourth-order valence-electron chi connectivity index (χ4n) is 1.87. The number of carbonyl (C=O) groups excluding carboxylic acids is 1. The van der Waals surface area contributed by atoms with Gasteiger partial charge in [-0.05, 0) is 12.8 Å². The molecule has 1 fully saturated rings. The SMILES string of the molecule is CCC(C)CN(CC)C(=O)N1CSC[C@@H]1C(=O)O. The average Bonchev–Trinajstić information content (AvgIpc) is 2.83. The Bertz CT molecular complexity index is 312. The summed E-state index contributed by atoms with van der Waals surface area (Å²) in [5.41, 5.74) is 0. The number of hydrogen-bond donors (Lipinski definition) is 1. The van der Waals surface area contributed by atoms with Crippen LogP contribution in [0.3, 0.4) is 0 Å². The van der Waals surface area contributed by atoms with E-state index in [2.05, 4.69) is 13.8 Å². The second-order valence-corrected chi connectivity index (χ2v) is 5.66. The lowest BCUT2D eigenvalue weighted by Gasteiger charge is -2.30. The van der Waals surface area contributed by atoms with E-state index in [4.69, 9.17) is 5.11 Å². The lowest BCUT2D eigenvalue weighted by atomic mass is 10.1. The van der Waals surface area contributed by atoms with Gasteiger partial charge in [0.15, 0.2) is 0 Å². The molecule has 0 spiro atoms. The lowest BCUT2D eigenvalue weighted by Crippen LogP contribution is -2.49. The summed E-state index contributed by atoms with van der Waals surface area (Å²) in [6.07, 6.45) is 1.01. The molecule has 0 bridgehead atoms. The Morgan fingerprint density at radius 3 is 2.67 bits per heavy atom. The molecule has 1 aliphatic heterocycles. The van der Waals surface area contributed by atoms with Crippen LogP contribution in [0, 0.1) is 5.92 Å². The molecule has 0 saturated carbocycles. The summed E-state index contributed by atoms with van der Waals surface area (Å²) in [5.74, 6) is 0.495. The molecule has 0 aromatic heterocycles. The minimum atomic E-state index is -0.909. The first-order valence-electron chi connectivity index (χ1n) is 6.37. The van der Waals surface area contributed by atoms with E-state index in [1.54, 1.807) is 4.90 Å². The van der Waals surface area contributed by atoms with Gasteiger partial charge >= 0.3 is 12.0 Å². The third-order valence-corrected chi connectivity index (χ3v) is 4.31. The summed E-state index contributed by atoms with van der Waals surface area (Å²) < 4.78 is 0. The molecule has 2 amide bonds. The Hall–Kier alpha value is -0.910. The molecule has 0 aromatic rings. The van der Waals surface area contributed by atoms with Crippen molar-refractivity contribution in [3.63, 3.8) is 0 Å². The lowest BCUT2D eigenvalue weighted by molar-refractivity contribution is -0.140. The van der Waals surface area contributed by atoms with Gasteiger partial charge in [0.2, 0.25) is 0 Å². The van der Waals surface area contributed by atoms with Crippen molar-refractivity contribution in [2.45, 2.75) is 33.2 Å². The monoisotopic (exact) mass is 274 g/mol. The van der Waals surface area contributed by atoms with Crippen LogP contribution in [0.15, 0.2) is 0 Å². The highest BCUT2D eigenvalue weighted by Gasteiger charge is 2.36. The third kappa shape index (κ3) is 3.54. The molecule has 18 heavy (non-hydrogen) atoms. The molecule has 0 aliphatic carbocycles. The third-order valence-electron chi connectivity index (χ3n) is 3.29. The van der Waals surface area contributed by atoms with Gasteiger partial charge in [-0.25, -0.2) is 9.59 Å². The van der Waals surface area contributed by atoms with Gasteiger partial charge in [-0.2, -0.15) is 0 Å². The molecule has 6 heteroatoms.